The number of nitrogens with two attached hydrogens (primary N) is 1. The number of nitrogens with one attached hydrogen (secondary N) is 1. The summed E-state index contributed by atoms with van der Waals surface area (Å²) in [5.74, 6) is 0.879. The number of amides is 1. The molecule has 1 aliphatic heterocycles. The lowest BCUT2D eigenvalue weighted by molar-refractivity contribution is -0.123. The summed E-state index contributed by atoms with van der Waals surface area (Å²) in [5, 5.41) is 2.97. The SMILES string of the molecule is COc1ccc(CNC(=O)CN2CCC(N)C(C)(C)C2)cc1. The molecule has 5 heteroatoms. The highest BCUT2D eigenvalue weighted by Gasteiger charge is 2.33. The molecule has 22 heavy (non-hydrogen) atoms. The zero-order valence-electron chi connectivity index (χ0n) is 13.8. The van der Waals surface area contributed by atoms with E-state index in [2.05, 4.69) is 24.1 Å². The molecule has 1 fully saturated rings. The normalized spacial score (nSPS) is 21.4. The van der Waals surface area contributed by atoms with E-state index in [0.717, 1.165) is 30.8 Å². The van der Waals surface area contributed by atoms with Crippen LogP contribution in [0.1, 0.15) is 25.8 Å². The highest BCUT2D eigenvalue weighted by Crippen LogP contribution is 2.27. The lowest BCUT2D eigenvalue weighted by atomic mass is 9.80. The van der Waals surface area contributed by atoms with Crippen LogP contribution in [0.15, 0.2) is 24.3 Å². The molecular formula is C17H27N3O2. The van der Waals surface area contributed by atoms with Crippen LogP contribution in [-0.4, -0.2) is 43.6 Å². The molecule has 0 saturated carbocycles. The van der Waals surface area contributed by atoms with E-state index in [4.69, 9.17) is 10.5 Å². The van der Waals surface area contributed by atoms with Crippen molar-refractivity contribution in [3.63, 3.8) is 0 Å². The van der Waals surface area contributed by atoms with Gasteiger partial charge in [0.15, 0.2) is 0 Å². The average molecular weight is 305 g/mol. The molecule has 1 amide bonds. The number of carbonyl (C=O) groups is 1. The molecule has 0 aliphatic carbocycles. The lowest BCUT2D eigenvalue weighted by Gasteiger charge is -2.42. The second-order valence-corrected chi connectivity index (χ2v) is 6.72. The lowest BCUT2D eigenvalue weighted by Crippen LogP contribution is -2.54. The first-order valence-corrected chi connectivity index (χ1v) is 7.78. The molecule has 1 unspecified atom stereocenters. The summed E-state index contributed by atoms with van der Waals surface area (Å²) in [4.78, 5) is 14.3. The van der Waals surface area contributed by atoms with Crippen LogP contribution in [0.4, 0.5) is 0 Å². The van der Waals surface area contributed by atoms with Crippen molar-refractivity contribution >= 4 is 5.91 Å². The Morgan fingerprint density at radius 3 is 2.68 bits per heavy atom. The van der Waals surface area contributed by atoms with Crippen molar-refractivity contribution in [2.75, 3.05) is 26.7 Å². The number of nitrogens with zero attached hydrogens (tertiary/aromatic N) is 1. The first-order valence-electron chi connectivity index (χ1n) is 7.78. The van der Waals surface area contributed by atoms with E-state index in [-0.39, 0.29) is 17.4 Å². The molecular weight excluding hydrogens is 278 g/mol. The topological polar surface area (TPSA) is 67.6 Å². The van der Waals surface area contributed by atoms with Crippen molar-refractivity contribution in [3.8, 4) is 5.75 Å². The molecule has 1 aromatic rings. The van der Waals surface area contributed by atoms with Crippen LogP contribution in [0.2, 0.25) is 0 Å². The van der Waals surface area contributed by atoms with Crippen LogP contribution in [0.25, 0.3) is 0 Å². The van der Waals surface area contributed by atoms with Crippen LogP contribution < -0.4 is 15.8 Å². The zero-order valence-corrected chi connectivity index (χ0v) is 13.8. The van der Waals surface area contributed by atoms with E-state index in [0.29, 0.717) is 13.1 Å². The minimum atomic E-state index is 0.0575. The predicted octanol–water partition coefficient (Wildman–Crippen LogP) is 1.37. The number of ether oxygens (including phenoxy) is 1. The van der Waals surface area contributed by atoms with Gasteiger partial charge in [-0.1, -0.05) is 26.0 Å². The van der Waals surface area contributed by atoms with Crippen LogP contribution >= 0.6 is 0 Å². The van der Waals surface area contributed by atoms with Gasteiger partial charge in [-0.15, -0.1) is 0 Å². The summed E-state index contributed by atoms with van der Waals surface area (Å²) < 4.78 is 5.12. The molecule has 3 N–H and O–H groups in total. The number of hydrogen-bond donors (Lipinski definition) is 2. The minimum absolute atomic E-state index is 0.0575. The van der Waals surface area contributed by atoms with Crippen LogP contribution in [-0.2, 0) is 11.3 Å². The number of likely N-dealkylation sites (tertiary alicyclic amines) is 1. The fraction of sp³-hybridized carbons (Fsp3) is 0.588. The first-order chi connectivity index (χ1) is 10.4. The molecule has 1 aliphatic rings. The predicted molar refractivity (Wildman–Crippen MR) is 87.7 cm³/mol. The van der Waals surface area contributed by atoms with Gasteiger partial charge in [0.05, 0.1) is 13.7 Å². The first kappa shape index (κ1) is 16.8. The monoisotopic (exact) mass is 305 g/mol. The van der Waals surface area contributed by atoms with Crippen molar-refractivity contribution in [1.29, 1.82) is 0 Å². The Kier molecular flexibility index (Phi) is 5.42. The molecule has 5 nitrogen and oxygen atoms in total. The quantitative estimate of drug-likeness (QED) is 0.862. The Morgan fingerprint density at radius 2 is 2.09 bits per heavy atom. The van der Waals surface area contributed by atoms with Gasteiger partial charge in [0.25, 0.3) is 0 Å². The summed E-state index contributed by atoms with van der Waals surface area (Å²) >= 11 is 0. The maximum atomic E-state index is 12.1. The Hall–Kier alpha value is -1.59. The number of benzene rings is 1. The molecule has 1 heterocycles. The van der Waals surface area contributed by atoms with E-state index in [1.54, 1.807) is 7.11 Å². The smallest absolute Gasteiger partial charge is 0.234 e. The van der Waals surface area contributed by atoms with E-state index >= 15 is 0 Å². The molecule has 0 aromatic heterocycles. The van der Waals surface area contributed by atoms with E-state index in [1.165, 1.54) is 0 Å². The molecule has 0 bridgehead atoms. The van der Waals surface area contributed by atoms with E-state index < -0.39 is 0 Å². The van der Waals surface area contributed by atoms with Crippen LogP contribution in [0, 0.1) is 5.41 Å². The molecule has 1 atom stereocenters. The summed E-state index contributed by atoms with van der Waals surface area (Å²) in [6.07, 6.45) is 0.943. The van der Waals surface area contributed by atoms with Crippen molar-refractivity contribution < 1.29 is 9.53 Å². The summed E-state index contributed by atoms with van der Waals surface area (Å²) in [6.45, 7) is 7.06. The standard InChI is InChI=1S/C17H27N3O2/c1-17(2)12-20(9-8-15(17)18)11-16(21)19-10-13-4-6-14(22-3)7-5-13/h4-7,15H,8-12,18H2,1-3H3,(H,19,21). The van der Waals surface area contributed by atoms with Gasteiger partial charge in [-0.05, 0) is 29.5 Å². The molecule has 2 rings (SSSR count). The number of hydrogen-bond acceptors (Lipinski definition) is 4. The second kappa shape index (κ2) is 7.11. The van der Waals surface area contributed by atoms with Gasteiger partial charge in [-0.2, -0.15) is 0 Å². The summed E-state index contributed by atoms with van der Waals surface area (Å²) in [7, 11) is 1.64. The van der Waals surface area contributed by atoms with Gasteiger partial charge in [0, 0.05) is 25.7 Å². The molecule has 122 valence electrons. The van der Waals surface area contributed by atoms with Gasteiger partial charge in [0.1, 0.15) is 5.75 Å². The van der Waals surface area contributed by atoms with Gasteiger partial charge in [-0.25, -0.2) is 0 Å². The fourth-order valence-corrected chi connectivity index (χ4v) is 2.82. The maximum Gasteiger partial charge on any atom is 0.234 e. The number of methoxy groups -OCH3 is 1. The van der Waals surface area contributed by atoms with E-state index in [1.807, 2.05) is 24.3 Å². The largest absolute Gasteiger partial charge is 0.497 e. The Balaban J connectivity index is 1.78. The minimum Gasteiger partial charge on any atom is -0.497 e. The van der Waals surface area contributed by atoms with Crippen LogP contribution in [0.3, 0.4) is 0 Å². The second-order valence-electron chi connectivity index (χ2n) is 6.72. The van der Waals surface area contributed by atoms with E-state index in [9.17, 15) is 4.79 Å². The van der Waals surface area contributed by atoms with Crippen molar-refractivity contribution in [2.24, 2.45) is 11.1 Å². The number of carbonyl (C=O) groups excluding carboxylic acids is 1. The summed E-state index contributed by atoms with van der Waals surface area (Å²) in [5.41, 5.74) is 7.26. The summed E-state index contributed by atoms with van der Waals surface area (Å²) in [6, 6.07) is 7.93. The van der Waals surface area contributed by atoms with Crippen molar-refractivity contribution in [2.45, 2.75) is 32.9 Å². The number of rotatable bonds is 5. The van der Waals surface area contributed by atoms with Crippen molar-refractivity contribution in [3.05, 3.63) is 29.8 Å². The maximum absolute atomic E-state index is 12.1. The van der Waals surface area contributed by atoms with Gasteiger partial charge in [0.2, 0.25) is 5.91 Å². The fourth-order valence-electron chi connectivity index (χ4n) is 2.82. The Bertz CT molecular complexity index is 499. The van der Waals surface area contributed by atoms with Gasteiger partial charge < -0.3 is 15.8 Å². The Labute approximate surface area is 132 Å². The van der Waals surface area contributed by atoms with Crippen LogP contribution in [0.5, 0.6) is 5.75 Å². The van der Waals surface area contributed by atoms with Gasteiger partial charge in [-0.3, -0.25) is 9.69 Å². The molecule has 0 radical (unpaired) electrons. The highest BCUT2D eigenvalue weighted by molar-refractivity contribution is 5.78. The molecule has 0 spiro atoms. The molecule has 1 aromatic carbocycles. The number of piperidine rings is 1. The van der Waals surface area contributed by atoms with Crippen molar-refractivity contribution in [1.82, 2.24) is 10.2 Å². The average Bonchev–Trinajstić information content (AvgIpc) is 2.49. The Morgan fingerprint density at radius 1 is 1.41 bits per heavy atom. The molecule has 1 saturated heterocycles. The highest BCUT2D eigenvalue weighted by atomic mass is 16.5. The third-order valence-corrected chi connectivity index (χ3v) is 4.41. The third-order valence-electron chi connectivity index (χ3n) is 4.41. The third kappa shape index (κ3) is 4.45. The zero-order chi connectivity index (χ0) is 16.2. The van der Waals surface area contributed by atoms with Gasteiger partial charge >= 0.3 is 0 Å².